The van der Waals surface area contributed by atoms with Gasteiger partial charge in [0.2, 0.25) is 0 Å². The summed E-state index contributed by atoms with van der Waals surface area (Å²) in [4.78, 5) is 4.88. The van der Waals surface area contributed by atoms with E-state index in [9.17, 15) is 4.39 Å². The third-order valence-corrected chi connectivity index (χ3v) is 7.22. The van der Waals surface area contributed by atoms with E-state index < -0.39 is 0 Å². The van der Waals surface area contributed by atoms with E-state index in [4.69, 9.17) is 10.1 Å². The Bertz CT molecular complexity index is 1260. The highest BCUT2D eigenvalue weighted by Crippen LogP contribution is 2.45. The van der Waals surface area contributed by atoms with Gasteiger partial charge in [0, 0.05) is 30.1 Å². The summed E-state index contributed by atoms with van der Waals surface area (Å²) in [5, 5.41) is 20.4. The number of nitrogens with one attached hydrogen (secondary N) is 2. The van der Waals surface area contributed by atoms with Crippen molar-refractivity contribution in [2.24, 2.45) is 5.41 Å². The van der Waals surface area contributed by atoms with Gasteiger partial charge in [0.1, 0.15) is 11.5 Å². The maximum atomic E-state index is 13.6. The van der Waals surface area contributed by atoms with Crippen molar-refractivity contribution >= 4 is 5.65 Å². The second kappa shape index (κ2) is 8.28. The molecule has 0 amide bonds. The number of benzene rings is 1. The zero-order chi connectivity index (χ0) is 22.3. The van der Waals surface area contributed by atoms with E-state index in [0.717, 1.165) is 66.5 Å². The Morgan fingerprint density at radius 3 is 2.64 bits per heavy atom. The van der Waals surface area contributed by atoms with Crippen LogP contribution < -0.4 is 10.6 Å². The molecule has 3 aromatic heterocycles. The molecule has 0 saturated carbocycles. The largest absolute Gasteiger partial charge is 0.316 e. The van der Waals surface area contributed by atoms with Gasteiger partial charge in [-0.25, -0.2) is 13.9 Å². The highest BCUT2D eigenvalue weighted by molar-refractivity contribution is 5.81. The monoisotopic (exact) mass is 443 g/mol. The number of hydrogen-bond acceptors (Lipinski definition) is 6. The molecule has 2 fully saturated rings. The molecule has 7 nitrogen and oxygen atoms in total. The molecular weight excluding hydrogens is 417 g/mol. The van der Waals surface area contributed by atoms with Crippen LogP contribution in [0.4, 0.5) is 4.39 Å². The highest BCUT2D eigenvalue weighted by Gasteiger charge is 2.43. The highest BCUT2D eigenvalue weighted by atomic mass is 19.1. The fourth-order valence-corrected chi connectivity index (χ4v) is 5.53. The third-order valence-electron chi connectivity index (χ3n) is 7.22. The van der Waals surface area contributed by atoms with Crippen molar-refractivity contribution in [3.63, 3.8) is 0 Å². The molecule has 4 aromatic rings. The average molecular weight is 444 g/mol. The summed E-state index contributed by atoms with van der Waals surface area (Å²) in [7, 11) is 0. The molecule has 168 valence electrons. The second-order valence-corrected chi connectivity index (χ2v) is 9.12. The summed E-state index contributed by atoms with van der Waals surface area (Å²) >= 11 is 0. The van der Waals surface area contributed by atoms with Crippen molar-refractivity contribution in [3.05, 3.63) is 66.4 Å². The molecule has 0 aliphatic carbocycles. The standard InChI is InChI=1S/C25H26FN7/c26-19-4-2-17(3-5-19)23-24(18-8-12-29-30-14-18)33-22(31-23)7-6-21(32-33)20-15-27-13-10-25(20)9-1-11-28-16-25/h2-8,12,14,20,27-28H,1,9-11,13,15-16H2. The van der Waals surface area contributed by atoms with Crippen LogP contribution in [0.25, 0.3) is 28.2 Å². The Hall–Kier alpha value is -3.23. The lowest BCUT2D eigenvalue weighted by Gasteiger charge is -2.47. The number of nitrogens with zero attached hydrogens (tertiary/aromatic N) is 5. The summed E-state index contributed by atoms with van der Waals surface area (Å²) in [6.07, 6.45) is 6.96. The van der Waals surface area contributed by atoms with Crippen molar-refractivity contribution < 1.29 is 4.39 Å². The van der Waals surface area contributed by atoms with Crippen molar-refractivity contribution in [1.82, 2.24) is 35.4 Å². The summed E-state index contributed by atoms with van der Waals surface area (Å²) < 4.78 is 15.5. The van der Waals surface area contributed by atoms with Gasteiger partial charge in [0.15, 0.2) is 5.65 Å². The van der Waals surface area contributed by atoms with Crippen LogP contribution in [0.15, 0.2) is 54.9 Å². The number of piperidine rings is 2. The van der Waals surface area contributed by atoms with E-state index in [1.165, 1.54) is 25.0 Å². The molecule has 2 saturated heterocycles. The van der Waals surface area contributed by atoms with Crippen molar-refractivity contribution in [2.75, 3.05) is 26.2 Å². The molecular formula is C25H26FN7. The van der Waals surface area contributed by atoms with Gasteiger partial charge in [-0.3, -0.25) is 0 Å². The first-order chi connectivity index (χ1) is 16.2. The van der Waals surface area contributed by atoms with Gasteiger partial charge in [-0.15, -0.1) is 0 Å². The van der Waals surface area contributed by atoms with E-state index >= 15 is 0 Å². The molecule has 1 aromatic carbocycles. The Balaban J connectivity index is 1.52. The quantitative estimate of drug-likeness (QED) is 0.505. The Morgan fingerprint density at radius 2 is 1.85 bits per heavy atom. The number of imidazole rings is 1. The second-order valence-electron chi connectivity index (χ2n) is 9.12. The van der Waals surface area contributed by atoms with Gasteiger partial charge in [-0.2, -0.15) is 15.3 Å². The molecule has 6 rings (SSSR count). The third kappa shape index (κ3) is 3.59. The minimum Gasteiger partial charge on any atom is -0.316 e. The van der Waals surface area contributed by atoms with Crippen LogP contribution in [0.3, 0.4) is 0 Å². The van der Waals surface area contributed by atoms with Crippen molar-refractivity contribution in [3.8, 4) is 22.5 Å². The lowest BCUT2D eigenvalue weighted by atomic mass is 9.65. The molecule has 2 aliphatic rings. The minimum absolute atomic E-state index is 0.225. The van der Waals surface area contributed by atoms with Gasteiger partial charge >= 0.3 is 0 Å². The number of hydrogen-bond donors (Lipinski definition) is 2. The first kappa shape index (κ1) is 20.4. The predicted octanol–water partition coefficient (Wildman–Crippen LogP) is 3.44. The first-order valence-corrected chi connectivity index (χ1v) is 11.6. The molecule has 5 heterocycles. The van der Waals surface area contributed by atoms with Crippen LogP contribution in [-0.2, 0) is 0 Å². The Kier molecular flexibility index (Phi) is 5.11. The SMILES string of the molecule is Fc1ccc(-c2nc3ccc(C4CNCCC45CCCNC5)nn3c2-c2ccnnc2)cc1. The van der Waals surface area contributed by atoms with Crippen LogP contribution in [0.1, 0.15) is 30.9 Å². The lowest BCUT2D eigenvalue weighted by Crippen LogP contribution is -2.51. The van der Waals surface area contributed by atoms with Crippen LogP contribution in [0, 0.1) is 11.2 Å². The summed E-state index contributed by atoms with van der Waals surface area (Å²) in [5.41, 5.74) is 5.36. The zero-order valence-electron chi connectivity index (χ0n) is 18.3. The molecule has 0 radical (unpaired) electrons. The number of halogens is 1. The first-order valence-electron chi connectivity index (χ1n) is 11.6. The molecule has 2 aliphatic heterocycles. The average Bonchev–Trinajstić information content (AvgIpc) is 3.24. The van der Waals surface area contributed by atoms with Gasteiger partial charge in [0.25, 0.3) is 0 Å². The molecule has 2 atom stereocenters. The maximum absolute atomic E-state index is 13.6. The summed E-state index contributed by atoms with van der Waals surface area (Å²) in [5.74, 6) is 0.0507. The van der Waals surface area contributed by atoms with Crippen LogP contribution >= 0.6 is 0 Å². The lowest BCUT2D eigenvalue weighted by molar-refractivity contribution is 0.116. The van der Waals surface area contributed by atoms with E-state index in [2.05, 4.69) is 26.9 Å². The van der Waals surface area contributed by atoms with Crippen molar-refractivity contribution in [1.29, 1.82) is 0 Å². The van der Waals surface area contributed by atoms with E-state index in [1.807, 2.05) is 16.6 Å². The zero-order valence-corrected chi connectivity index (χ0v) is 18.3. The van der Waals surface area contributed by atoms with E-state index in [1.54, 1.807) is 24.5 Å². The van der Waals surface area contributed by atoms with Gasteiger partial charge in [-0.1, -0.05) is 0 Å². The Labute approximate surface area is 191 Å². The van der Waals surface area contributed by atoms with Crippen LogP contribution in [-0.4, -0.2) is 51.0 Å². The van der Waals surface area contributed by atoms with Gasteiger partial charge in [0.05, 0.1) is 23.8 Å². The fourth-order valence-electron chi connectivity index (χ4n) is 5.53. The smallest absolute Gasteiger partial charge is 0.154 e. The van der Waals surface area contributed by atoms with E-state index in [-0.39, 0.29) is 11.2 Å². The normalized spacial score (nSPS) is 23.2. The maximum Gasteiger partial charge on any atom is 0.154 e. The van der Waals surface area contributed by atoms with Crippen LogP contribution in [0.2, 0.25) is 0 Å². The van der Waals surface area contributed by atoms with E-state index in [0.29, 0.717) is 5.92 Å². The molecule has 33 heavy (non-hydrogen) atoms. The van der Waals surface area contributed by atoms with Gasteiger partial charge < -0.3 is 10.6 Å². The van der Waals surface area contributed by atoms with Crippen molar-refractivity contribution in [2.45, 2.75) is 25.2 Å². The molecule has 1 spiro atoms. The number of aromatic nitrogens is 5. The molecule has 2 unspecified atom stereocenters. The molecule has 0 bridgehead atoms. The fraction of sp³-hybridized carbons (Fsp3) is 0.360. The van der Waals surface area contributed by atoms with Crippen LogP contribution in [0.5, 0.6) is 0 Å². The number of fused-ring (bicyclic) bond motifs is 1. The number of rotatable bonds is 3. The minimum atomic E-state index is -0.272. The molecule has 8 heteroatoms. The van der Waals surface area contributed by atoms with Gasteiger partial charge in [-0.05, 0) is 80.2 Å². The topological polar surface area (TPSA) is 80.0 Å². The summed E-state index contributed by atoms with van der Waals surface area (Å²) in [6, 6.07) is 12.5. The molecule has 2 N–H and O–H groups in total. The Morgan fingerprint density at radius 1 is 0.939 bits per heavy atom. The summed E-state index contributed by atoms with van der Waals surface area (Å²) in [6.45, 7) is 4.10. The predicted molar refractivity (Wildman–Crippen MR) is 124 cm³/mol.